The van der Waals surface area contributed by atoms with E-state index >= 15 is 0 Å². The molecule has 0 bridgehead atoms. The third kappa shape index (κ3) is 3.05. The lowest BCUT2D eigenvalue weighted by molar-refractivity contribution is -0.122. The lowest BCUT2D eigenvalue weighted by atomic mass is 10.1. The number of aromatic nitrogens is 2. The van der Waals surface area contributed by atoms with Gasteiger partial charge in [0.1, 0.15) is 12.0 Å². The quantitative estimate of drug-likeness (QED) is 0.800. The smallest absolute Gasteiger partial charge is 0.330 e. The molecule has 1 saturated heterocycles. The Bertz CT molecular complexity index is 618. The van der Waals surface area contributed by atoms with Crippen LogP contribution < -0.4 is 11.2 Å². The number of carbonyl (C=O) groups is 1. The fraction of sp³-hybridized carbons (Fsp3) is 0.615. The number of nitrogens with zero attached hydrogens (tertiary/aromatic N) is 1. The minimum Gasteiger partial charge on any atom is -0.390 e. The molecule has 2 N–H and O–H groups in total. The highest BCUT2D eigenvalue weighted by molar-refractivity contribution is 5.76. The average Bonchev–Trinajstić information content (AvgIpc) is 2.82. The molecule has 1 unspecified atom stereocenters. The van der Waals surface area contributed by atoms with Crippen LogP contribution in [0.5, 0.6) is 0 Å². The van der Waals surface area contributed by atoms with Gasteiger partial charge < -0.3 is 9.84 Å². The van der Waals surface area contributed by atoms with Crippen LogP contribution in [0, 0.1) is 6.92 Å². The zero-order valence-electron chi connectivity index (χ0n) is 11.5. The third-order valence-electron chi connectivity index (χ3n) is 3.41. The highest BCUT2D eigenvalue weighted by Gasteiger charge is 2.32. The molecule has 0 aromatic carbocycles. The maximum atomic E-state index is 11.7. The fourth-order valence-electron chi connectivity index (χ4n) is 2.36. The van der Waals surface area contributed by atoms with Crippen LogP contribution in [0.4, 0.5) is 0 Å². The Morgan fingerprint density at radius 1 is 1.55 bits per heavy atom. The van der Waals surface area contributed by atoms with Crippen molar-refractivity contribution in [3.05, 3.63) is 32.6 Å². The summed E-state index contributed by atoms with van der Waals surface area (Å²) in [6, 6.07) is 0. The summed E-state index contributed by atoms with van der Waals surface area (Å²) >= 11 is 0. The molecular weight excluding hydrogens is 264 g/mol. The SMILES string of the molecule is CC(=O)C[C@@H](O)C1CC[C@H](n2cc(C)c(=O)[nH]c2=O)O1. The van der Waals surface area contributed by atoms with E-state index in [-0.39, 0.29) is 12.2 Å². The summed E-state index contributed by atoms with van der Waals surface area (Å²) in [6.07, 6.45) is 0.738. The van der Waals surface area contributed by atoms with Gasteiger partial charge in [0.25, 0.3) is 5.56 Å². The number of ketones is 1. The number of aliphatic hydroxyl groups is 1. The van der Waals surface area contributed by atoms with E-state index in [1.54, 1.807) is 6.92 Å². The summed E-state index contributed by atoms with van der Waals surface area (Å²) in [5, 5.41) is 9.86. The van der Waals surface area contributed by atoms with Crippen molar-refractivity contribution in [1.82, 2.24) is 9.55 Å². The Kier molecular flexibility index (Phi) is 4.20. The van der Waals surface area contributed by atoms with Gasteiger partial charge in [-0.1, -0.05) is 0 Å². The zero-order chi connectivity index (χ0) is 14.9. The largest absolute Gasteiger partial charge is 0.390 e. The third-order valence-corrected chi connectivity index (χ3v) is 3.41. The molecule has 7 heteroatoms. The van der Waals surface area contributed by atoms with Crippen LogP contribution in [-0.4, -0.2) is 32.6 Å². The van der Waals surface area contributed by atoms with E-state index in [0.717, 1.165) is 0 Å². The summed E-state index contributed by atoms with van der Waals surface area (Å²) < 4.78 is 6.94. The van der Waals surface area contributed by atoms with Crippen molar-refractivity contribution < 1.29 is 14.6 Å². The maximum Gasteiger partial charge on any atom is 0.330 e. The lowest BCUT2D eigenvalue weighted by Gasteiger charge is -2.19. The molecule has 0 aliphatic carbocycles. The fourth-order valence-corrected chi connectivity index (χ4v) is 2.36. The molecule has 3 atom stereocenters. The van der Waals surface area contributed by atoms with Crippen molar-refractivity contribution in [2.24, 2.45) is 0 Å². The number of hydrogen-bond acceptors (Lipinski definition) is 5. The normalized spacial score (nSPS) is 23.8. The second-order valence-corrected chi connectivity index (χ2v) is 5.16. The van der Waals surface area contributed by atoms with Gasteiger partial charge in [-0.2, -0.15) is 0 Å². The molecule has 0 saturated carbocycles. The van der Waals surface area contributed by atoms with Gasteiger partial charge >= 0.3 is 5.69 Å². The number of H-pyrrole nitrogens is 1. The molecule has 20 heavy (non-hydrogen) atoms. The Morgan fingerprint density at radius 3 is 2.90 bits per heavy atom. The van der Waals surface area contributed by atoms with Crippen LogP contribution in [0.3, 0.4) is 0 Å². The predicted molar refractivity (Wildman–Crippen MR) is 70.5 cm³/mol. The van der Waals surface area contributed by atoms with Gasteiger partial charge in [0, 0.05) is 18.2 Å². The number of hydrogen-bond donors (Lipinski definition) is 2. The van der Waals surface area contributed by atoms with E-state index in [1.165, 1.54) is 17.7 Å². The van der Waals surface area contributed by atoms with Crippen molar-refractivity contribution in [2.45, 2.75) is 51.5 Å². The van der Waals surface area contributed by atoms with Gasteiger partial charge in [0.15, 0.2) is 0 Å². The van der Waals surface area contributed by atoms with E-state index in [4.69, 9.17) is 4.74 Å². The molecule has 0 spiro atoms. The molecule has 1 aliphatic rings. The topological polar surface area (TPSA) is 101 Å². The first-order chi connectivity index (χ1) is 9.38. The van der Waals surface area contributed by atoms with E-state index in [9.17, 15) is 19.5 Å². The number of aliphatic hydroxyl groups excluding tert-OH is 1. The number of aryl methyl sites for hydroxylation is 1. The van der Waals surface area contributed by atoms with Crippen LogP contribution in [0.1, 0.15) is 38.0 Å². The summed E-state index contributed by atoms with van der Waals surface area (Å²) in [4.78, 5) is 36.3. The number of aromatic amines is 1. The molecule has 110 valence electrons. The molecular formula is C13H18N2O5. The van der Waals surface area contributed by atoms with E-state index < -0.39 is 29.7 Å². The Labute approximate surface area is 115 Å². The molecule has 1 aliphatic heterocycles. The van der Waals surface area contributed by atoms with Gasteiger partial charge in [-0.25, -0.2) is 4.79 Å². The molecule has 0 amide bonds. The van der Waals surface area contributed by atoms with Gasteiger partial charge in [-0.3, -0.25) is 19.1 Å². The van der Waals surface area contributed by atoms with Gasteiger partial charge in [0.05, 0.1) is 12.2 Å². The van der Waals surface area contributed by atoms with E-state index in [2.05, 4.69) is 4.98 Å². The Balaban J connectivity index is 2.14. The first-order valence-corrected chi connectivity index (χ1v) is 6.53. The highest BCUT2D eigenvalue weighted by Crippen LogP contribution is 2.29. The average molecular weight is 282 g/mol. The Morgan fingerprint density at radius 2 is 2.25 bits per heavy atom. The molecule has 2 heterocycles. The summed E-state index contributed by atoms with van der Waals surface area (Å²) in [5.41, 5.74) is -0.536. The van der Waals surface area contributed by atoms with Crippen LogP contribution >= 0.6 is 0 Å². The van der Waals surface area contributed by atoms with Crippen molar-refractivity contribution in [3.63, 3.8) is 0 Å². The predicted octanol–water partition coefficient (Wildman–Crippen LogP) is -0.137. The summed E-state index contributed by atoms with van der Waals surface area (Å²) in [6.45, 7) is 3.01. The molecule has 1 aromatic rings. The van der Waals surface area contributed by atoms with Crippen molar-refractivity contribution in [1.29, 1.82) is 0 Å². The number of rotatable bonds is 4. The minimum absolute atomic E-state index is 0.0386. The molecule has 2 rings (SSSR count). The number of carbonyl (C=O) groups excluding carboxylic acids is 1. The maximum absolute atomic E-state index is 11.7. The van der Waals surface area contributed by atoms with Crippen LogP contribution in [0.25, 0.3) is 0 Å². The lowest BCUT2D eigenvalue weighted by Crippen LogP contribution is -2.34. The minimum atomic E-state index is -0.864. The van der Waals surface area contributed by atoms with Crippen LogP contribution in [0.15, 0.2) is 15.8 Å². The molecule has 1 aromatic heterocycles. The van der Waals surface area contributed by atoms with Crippen molar-refractivity contribution >= 4 is 5.78 Å². The van der Waals surface area contributed by atoms with Gasteiger partial charge in [0.2, 0.25) is 0 Å². The second-order valence-electron chi connectivity index (χ2n) is 5.16. The second kappa shape index (κ2) is 5.72. The zero-order valence-corrected chi connectivity index (χ0v) is 11.5. The Hall–Kier alpha value is -1.73. The number of Topliss-reactive ketones (excluding diaryl/α,β-unsaturated/α-hetero) is 1. The first kappa shape index (κ1) is 14.7. The van der Waals surface area contributed by atoms with Crippen LogP contribution in [-0.2, 0) is 9.53 Å². The number of ether oxygens (including phenoxy) is 1. The van der Waals surface area contributed by atoms with Crippen molar-refractivity contribution in [3.8, 4) is 0 Å². The standard InChI is InChI=1S/C13H18N2O5/c1-7-6-15(13(19)14-12(7)18)11-4-3-10(20-11)9(17)5-8(2)16/h6,9-11,17H,3-5H2,1-2H3,(H,14,18,19)/t9-,10?,11-/m1/s1. The summed E-state index contributed by atoms with van der Waals surface area (Å²) in [5.74, 6) is -0.110. The molecule has 7 nitrogen and oxygen atoms in total. The highest BCUT2D eigenvalue weighted by atomic mass is 16.5. The van der Waals surface area contributed by atoms with Gasteiger partial charge in [-0.15, -0.1) is 0 Å². The number of nitrogens with one attached hydrogen (secondary N) is 1. The summed E-state index contributed by atoms with van der Waals surface area (Å²) in [7, 11) is 0. The van der Waals surface area contributed by atoms with Crippen LogP contribution in [0.2, 0.25) is 0 Å². The monoisotopic (exact) mass is 282 g/mol. The molecule has 1 fully saturated rings. The first-order valence-electron chi connectivity index (χ1n) is 6.53. The molecule has 0 radical (unpaired) electrons. The van der Waals surface area contributed by atoms with E-state index in [0.29, 0.717) is 18.4 Å². The van der Waals surface area contributed by atoms with Gasteiger partial charge in [-0.05, 0) is 26.7 Å². The van der Waals surface area contributed by atoms with E-state index in [1.807, 2.05) is 0 Å². The van der Waals surface area contributed by atoms with Crippen molar-refractivity contribution in [2.75, 3.05) is 0 Å².